The average Bonchev–Trinajstić information content (AvgIpc) is 2.78. The zero-order chi connectivity index (χ0) is 23.0. The molecule has 4 atom stereocenters. The Morgan fingerprint density at radius 3 is 1.03 bits per heavy atom. The van der Waals surface area contributed by atoms with E-state index in [9.17, 15) is 0 Å². The third-order valence-corrected chi connectivity index (χ3v) is 14.1. The molecule has 0 bridgehead atoms. The Labute approximate surface area is 248 Å². The van der Waals surface area contributed by atoms with Crippen LogP contribution in [0.2, 0.25) is 0 Å². The van der Waals surface area contributed by atoms with Gasteiger partial charge in [0.15, 0.2) is 0 Å². The van der Waals surface area contributed by atoms with Gasteiger partial charge in [-0.05, 0) is 35.9 Å². The van der Waals surface area contributed by atoms with Crippen LogP contribution in [-0.2, 0) is 0 Å². The van der Waals surface area contributed by atoms with Crippen LogP contribution in [0.3, 0.4) is 0 Å². The summed E-state index contributed by atoms with van der Waals surface area (Å²) in [6.07, 6.45) is 2.40. The molecule has 0 radical (unpaired) electrons. The van der Waals surface area contributed by atoms with E-state index in [4.69, 9.17) is 0 Å². The first-order valence-corrected chi connectivity index (χ1v) is 19.2. The van der Waals surface area contributed by atoms with E-state index in [0.717, 1.165) is 69.0 Å². The largest absolute Gasteiger partial charge is 0.179 e. The van der Waals surface area contributed by atoms with Gasteiger partial charge in [-0.2, -0.15) is 148 Å². The highest BCUT2D eigenvalue weighted by Gasteiger charge is 2.23. The van der Waals surface area contributed by atoms with Gasteiger partial charge in [-0.3, -0.25) is 0 Å². The number of thiol groups is 8. The molecule has 184 valence electrons. The molecule has 0 heterocycles. The molecule has 0 saturated heterocycles. The predicted molar refractivity (Wildman–Crippen MR) is 185 cm³/mol. The normalized spacial score (nSPS) is 15.2. The molecule has 4 unspecified atom stereocenters. The lowest BCUT2D eigenvalue weighted by Gasteiger charge is -2.26. The van der Waals surface area contributed by atoms with E-state index in [1.807, 2.05) is 47.0 Å². The summed E-state index contributed by atoms with van der Waals surface area (Å²) in [6, 6.07) is 0. The second-order valence-corrected chi connectivity index (χ2v) is 14.7. The van der Waals surface area contributed by atoms with Gasteiger partial charge in [0.2, 0.25) is 0 Å². The molecule has 0 saturated carbocycles. The molecule has 0 amide bonds. The molecular formula is C18H40S12. The maximum Gasteiger partial charge on any atom is 0.0262 e. The summed E-state index contributed by atoms with van der Waals surface area (Å²) in [5.74, 6) is 11.9. The number of unbranched alkanes of at least 4 members (excludes halogenated alkanes) is 1. The van der Waals surface area contributed by atoms with Gasteiger partial charge in [0.05, 0.1) is 0 Å². The lowest BCUT2D eigenvalue weighted by molar-refractivity contribution is 0.912. The third-order valence-electron chi connectivity index (χ3n) is 3.63. The van der Waals surface area contributed by atoms with Crippen LogP contribution < -0.4 is 0 Å². The SMILES string of the molecule is SCCCCS.SCCSC(CS)CSC(CS)C(CS)SCC(CS)SCCS. The molecular weight excluding hydrogens is 601 g/mol. The van der Waals surface area contributed by atoms with Crippen LogP contribution in [0.4, 0.5) is 0 Å². The van der Waals surface area contributed by atoms with E-state index in [1.165, 1.54) is 12.8 Å². The van der Waals surface area contributed by atoms with Crippen molar-refractivity contribution in [3.8, 4) is 0 Å². The van der Waals surface area contributed by atoms with Crippen molar-refractivity contribution in [3.05, 3.63) is 0 Å². The van der Waals surface area contributed by atoms with Crippen LogP contribution in [0.5, 0.6) is 0 Å². The van der Waals surface area contributed by atoms with Crippen molar-refractivity contribution in [1.82, 2.24) is 0 Å². The zero-order valence-electron chi connectivity index (χ0n) is 17.4. The van der Waals surface area contributed by atoms with Crippen LogP contribution >= 0.6 is 148 Å². The lowest BCUT2D eigenvalue weighted by atomic mass is 10.3. The van der Waals surface area contributed by atoms with Gasteiger partial charge in [0, 0.05) is 67.0 Å². The molecule has 0 aliphatic rings. The summed E-state index contributed by atoms with van der Waals surface area (Å²) in [5.41, 5.74) is 0. The molecule has 0 aliphatic heterocycles. The number of hydrogen-bond donors (Lipinski definition) is 8. The van der Waals surface area contributed by atoms with Gasteiger partial charge < -0.3 is 0 Å². The fraction of sp³-hybridized carbons (Fsp3) is 1.00. The van der Waals surface area contributed by atoms with Crippen molar-refractivity contribution < 1.29 is 0 Å². The summed E-state index contributed by atoms with van der Waals surface area (Å²) in [7, 11) is 0. The fourth-order valence-electron chi connectivity index (χ4n) is 1.99. The summed E-state index contributed by atoms with van der Waals surface area (Å²) >= 11 is 42.8. The van der Waals surface area contributed by atoms with Gasteiger partial charge in [-0.1, -0.05) is 0 Å². The van der Waals surface area contributed by atoms with E-state index in [1.54, 1.807) is 0 Å². The van der Waals surface area contributed by atoms with Crippen molar-refractivity contribution in [3.63, 3.8) is 0 Å². The van der Waals surface area contributed by atoms with Gasteiger partial charge in [-0.25, -0.2) is 0 Å². The topological polar surface area (TPSA) is 0 Å². The zero-order valence-corrected chi connectivity index (χ0v) is 27.8. The van der Waals surface area contributed by atoms with Crippen molar-refractivity contribution in [2.24, 2.45) is 0 Å². The molecule has 0 N–H and O–H groups in total. The van der Waals surface area contributed by atoms with Crippen LogP contribution in [0.15, 0.2) is 0 Å². The van der Waals surface area contributed by atoms with E-state index < -0.39 is 0 Å². The van der Waals surface area contributed by atoms with E-state index >= 15 is 0 Å². The Bertz CT molecular complexity index is 294. The van der Waals surface area contributed by atoms with Crippen molar-refractivity contribution in [2.75, 3.05) is 69.0 Å². The quantitative estimate of drug-likeness (QED) is 0.0558. The first-order valence-electron chi connectivity index (χ1n) is 9.91. The highest BCUT2D eigenvalue weighted by atomic mass is 32.2. The number of hydrogen-bond acceptors (Lipinski definition) is 12. The van der Waals surface area contributed by atoms with Crippen molar-refractivity contribution in [1.29, 1.82) is 0 Å². The summed E-state index contributed by atoms with van der Waals surface area (Å²) in [5, 5.41) is 2.25. The summed E-state index contributed by atoms with van der Waals surface area (Å²) in [4.78, 5) is 0. The molecule has 0 aromatic rings. The second kappa shape index (κ2) is 29.4. The van der Waals surface area contributed by atoms with Gasteiger partial charge >= 0.3 is 0 Å². The first-order chi connectivity index (χ1) is 14.6. The maximum atomic E-state index is 4.60. The maximum absolute atomic E-state index is 4.60. The number of thioether (sulfide) groups is 4. The predicted octanol–water partition coefficient (Wildman–Crippen LogP) is 6.60. The molecule has 0 aliphatic carbocycles. The molecule has 0 rings (SSSR count). The van der Waals surface area contributed by atoms with Gasteiger partial charge in [0.1, 0.15) is 0 Å². The Balaban J connectivity index is 0. The van der Waals surface area contributed by atoms with E-state index in [-0.39, 0.29) is 0 Å². The minimum absolute atomic E-state index is 0.533. The van der Waals surface area contributed by atoms with Gasteiger partial charge in [-0.15, -0.1) is 0 Å². The average molecular weight is 641 g/mol. The standard InChI is InChI=1S/C14H30S10.C4H10S2/c15-1-3-21-11(5-17)9-23-13(7-19)14(8-20)24-10-12(6-18)22-4-2-16;5-3-1-2-4-6/h11-20H,1-10H2;5-6H,1-4H2. The second-order valence-electron chi connectivity index (χ2n) is 6.06. The molecule has 0 aromatic carbocycles. The van der Waals surface area contributed by atoms with E-state index in [0.29, 0.717) is 21.0 Å². The third kappa shape index (κ3) is 22.7. The van der Waals surface area contributed by atoms with Crippen LogP contribution in [-0.4, -0.2) is 90.0 Å². The molecule has 0 spiro atoms. The van der Waals surface area contributed by atoms with Crippen LogP contribution in [0.25, 0.3) is 0 Å². The Morgan fingerprint density at radius 1 is 0.433 bits per heavy atom. The van der Waals surface area contributed by atoms with Gasteiger partial charge in [0.25, 0.3) is 0 Å². The summed E-state index contributed by atoms with van der Waals surface area (Å²) in [6.45, 7) is 0. The minimum Gasteiger partial charge on any atom is -0.179 e. The molecule has 0 fully saturated rings. The number of rotatable bonds is 20. The molecule has 0 nitrogen and oxygen atoms in total. The van der Waals surface area contributed by atoms with Crippen LogP contribution in [0, 0.1) is 0 Å². The van der Waals surface area contributed by atoms with Crippen molar-refractivity contribution in [2.45, 2.75) is 33.8 Å². The van der Waals surface area contributed by atoms with Crippen LogP contribution in [0.1, 0.15) is 12.8 Å². The lowest BCUT2D eigenvalue weighted by Crippen LogP contribution is -2.27. The van der Waals surface area contributed by atoms with E-state index in [2.05, 4.69) is 101 Å². The molecule has 12 heteroatoms. The highest BCUT2D eigenvalue weighted by Crippen LogP contribution is 2.31. The highest BCUT2D eigenvalue weighted by molar-refractivity contribution is 8.07. The monoisotopic (exact) mass is 640 g/mol. The summed E-state index contributed by atoms with van der Waals surface area (Å²) < 4.78 is 0. The molecule has 0 aromatic heterocycles. The fourth-order valence-corrected chi connectivity index (χ4v) is 10.5. The first kappa shape index (κ1) is 36.4. The smallest absolute Gasteiger partial charge is 0.0262 e. The Morgan fingerprint density at radius 2 is 0.800 bits per heavy atom. The van der Waals surface area contributed by atoms with Crippen molar-refractivity contribution >= 4 is 148 Å². The Hall–Kier alpha value is 4.20. The minimum atomic E-state index is 0.533. The molecule has 30 heavy (non-hydrogen) atoms. The Kier molecular flexibility index (Phi) is 35.7.